The monoisotopic (exact) mass is 466 g/mol. The van der Waals surface area contributed by atoms with Crippen molar-refractivity contribution in [1.82, 2.24) is 15.5 Å². The highest BCUT2D eigenvalue weighted by molar-refractivity contribution is 14.0. The molecule has 2 atom stereocenters. The molecule has 0 bridgehead atoms. The van der Waals surface area contributed by atoms with Crippen molar-refractivity contribution >= 4 is 29.9 Å². The molecule has 148 valence electrons. The van der Waals surface area contributed by atoms with Gasteiger partial charge in [-0.1, -0.05) is 13.8 Å². The van der Waals surface area contributed by atoms with Crippen LogP contribution in [0.1, 0.15) is 52.9 Å². The minimum absolute atomic E-state index is 0. The van der Waals surface area contributed by atoms with Gasteiger partial charge in [-0.15, -0.1) is 24.0 Å². The third-order valence-electron chi connectivity index (χ3n) is 5.13. The summed E-state index contributed by atoms with van der Waals surface area (Å²) in [5, 5.41) is 16.2. The molecule has 6 heteroatoms. The zero-order valence-corrected chi connectivity index (χ0v) is 18.7. The van der Waals surface area contributed by atoms with Crippen molar-refractivity contribution in [3.63, 3.8) is 0 Å². The molecule has 0 aromatic carbocycles. The first-order chi connectivity index (χ1) is 11.6. The lowest BCUT2D eigenvalue weighted by Gasteiger charge is -2.19. The van der Waals surface area contributed by atoms with Crippen LogP contribution in [-0.4, -0.2) is 61.3 Å². The predicted octanol–water partition coefficient (Wildman–Crippen LogP) is 2.69. The van der Waals surface area contributed by atoms with Crippen molar-refractivity contribution in [3.8, 4) is 0 Å². The van der Waals surface area contributed by atoms with Crippen molar-refractivity contribution < 1.29 is 5.11 Å². The number of nitrogens with zero attached hydrogens (tertiary/aromatic N) is 2. The van der Waals surface area contributed by atoms with Crippen molar-refractivity contribution in [2.24, 2.45) is 22.7 Å². The molecule has 0 spiro atoms. The number of hydrogen-bond donors (Lipinski definition) is 3. The summed E-state index contributed by atoms with van der Waals surface area (Å²) in [5.74, 6) is 2.81. The maximum absolute atomic E-state index is 9.26. The van der Waals surface area contributed by atoms with E-state index < -0.39 is 0 Å². The first-order valence-electron chi connectivity index (χ1n) is 9.99. The normalized spacial score (nSPS) is 22.8. The van der Waals surface area contributed by atoms with E-state index in [0.717, 1.165) is 50.4 Å². The van der Waals surface area contributed by atoms with Crippen molar-refractivity contribution in [1.29, 1.82) is 0 Å². The zero-order chi connectivity index (χ0) is 17.4. The Balaban J connectivity index is 0.00000312. The summed E-state index contributed by atoms with van der Waals surface area (Å²) in [7, 11) is 0. The molecule has 1 heterocycles. The van der Waals surface area contributed by atoms with E-state index in [1.165, 1.54) is 32.4 Å². The SMILES string of the molecule is CCNC(=NCC(CCO)CC(C)C)NCC1CCN(C2CC2)C1.I. The van der Waals surface area contributed by atoms with Gasteiger partial charge in [0.2, 0.25) is 0 Å². The molecule has 5 nitrogen and oxygen atoms in total. The lowest BCUT2D eigenvalue weighted by Crippen LogP contribution is -2.40. The summed E-state index contributed by atoms with van der Waals surface area (Å²) in [6, 6.07) is 0.896. The summed E-state index contributed by atoms with van der Waals surface area (Å²) in [6.45, 7) is 12.1. The average molecular weight is 466 g/mol. The van der Waals surface area contributed by atoms with Gasteiger partial charge in [-0.05, 0) is 63.3 Å². The maximum atomic E-state index is 9.26. The van der Waals surface area contributed by atoms with Gasteiger partial charge in [0.1, 0.15) is 0 Å². The second kappa shape index (κ2) is 12.3. The molecular weight excluding hydrogens is 427 g/mol. The number of hydrogen-bond acceptors (Lipinski definition) is 3. The van der Waals surface area contributed by atoms with E-state index in [0.29, 0.717) is 11.8 Å². The zero-order valence-electron chi connectivity index (χ0n) is 16.3. The Morgan fingerprint density at radius 1 is 1.24 bits per heavy atom. The number of aliphatic hydroxyl groups excluding tert-OH is 1. The third-order valence-corrected chi connectivity index (χ3v) is 5.13. The van der Waals surface area contributed by atoms with E-state index in [9.17, 15) is 5.11 Å². The smallest absolute Gasteiger partial charge is 0.191 e. The number of aliphatic imine (C=N–C) groups is 1. The summed E-state index contributed by atoms with van der Waals surface area (Å²) >= 11 is 0. The summed E-state index contributed by atoms with van der Waals surface area (Å²) < 4.78 is 0. The first kappa shape index (κ1) is 23.0. The molecule has 2 fully saturated rings. The second-order valence-electron chi connectivity index (χ2n) is 7.99. The van der Waals surface area contributed by atoms with Crippen LogP contribution in [0.25, 0.3) is 0 Å². The van der Waals surface area contributed by atoms with Gasteiger partial charge in [-0.2, -0.15) is 0 Å². The molecule has 1 saturated heterocycles. The van der Waals surface area contributed by atoms with Crippen LogP contribution in [0.2, 0.25) is 0 Å². The number of likely N-dealkylation sites (tertiary alicyclic amines) is 1. The number of guanidine groups is 1. The van der Waals surface area contributed by atoms with Crippen molar-refractivity contribution in [2.75, 3.05) is 39.3 Å². The Kier molecular flexibility index (Phi) is 11.3. The van der Waals surface area contributed by atoms with E-state index >= 15 is 0 Å². The number of nitrogens with one attached hydrogen (secondary N) is 2. The molecule has 2 aliphatic rings. The van der Waals surface area contributed by atoms with Crippen LogP contribution in [0, 0.1) is 17.8 Å². The minimum Gasteiger partial charge on any atom is -0.396 e. The minimum atomic E-state index is 0. The number of halogens is 1. The molecule has 1 aliphatic heterocycles. The van der Waals surface area contributed by atoms with Gasteiger partial charge in [-0.3, -0.25) is 4.99 Å². The Labute approximate surface area is 171 Å². The van der Waals surface area contributed by atoms with E-state index in [2.05, 4.69) is 36.3 Å². The molecule has 25 heavy (non-hydrogen) atoms. The van der Waals surface area contributed by atoms with Crippen LogP contribution < -0.4 is 10.6 Å². The molecule has 0 aromatic rings. The van der Waals surface area contributed by atoms with E-state index in [1.807, 2.05) is 0 Å². The van der Waals surface area contributed by atoms with Gasteiger partial charge in [0.15, 0.2) is 5.96 Å². The summed E-state index contributed by atoms with van der Waals surface area (Å²) in [4.78, 5) is 7.45. The molecule has 2 unspecified atom stereocenters. The lowest BCUT2D eigenvalue weighted by atomic mass is 9.94. The Bertz CT molecular complexity index is 388. The Morgan fingerprint density at radius 3 is 2.60 bits per heavy atom. The molecule has 1 saturated carbocycles. The molecule has 3 N–H and O–H groups in total. The fraction of sp³-hybridized carbons (Fsp3) is 0.947. The lowest BCUT2D eigenvalue weighted by molar-refractivity contribution is 0.245. The predicted molar refractivity (Wildman–Crippen MR) is 117 cm³/mol. The highest BCUT2D eigenvalue weighted by atomic mass is 127. The molecule has 1 aliphatic carbocycles. The Hall–Kier alpha value is -0.0800. The Morgan fingerprint density at radius 2 is 2.00 bits per heavy atom. The summed E-state index contributed by atoms with van der Waals surface area (Å²) in [5.41, 5.74) is 0. The number of aliphatic hydroxyl groups is 1. The maximum Gasteiger partial charge on any atom is 0.191 e. The highest BCUT2D eigenvalue weighted by Crippen LogP contribution is 2.31. The van der Waals surface area contributed by atoms with Gasteiger partial charge >= 0.3 is 0 Å². The second-order valence-corrected chi connectivity index (χ2v) is 7.99. The van der Waals surface area contributed by atoms with Crippen LogP contribution in [0.4, 0.5) is 0 Å². The van der Waals surface area contributed by atoms with Crippen LogP contribution >= 0.6 is 24.0 Å². The molecule has 0 aromatic heterocycles. The van der Waals surface area contributed by atoms with E-state index in [4.69, 9.17) is 4.99 Å². The number of rotatable bonds is 10. The standard InChI is InChI=1S/C19H38N4O.HI/c1-4-20-19(21-12-16(8-10-24)11-15(2)3)22-13-17-7-9-23(14-17)18-5-6-18;/h15-18,24H,4-14H2,1-3H3,(H2,20,21,22);1H. The quantitative estimate of drug-likeness (QED) is 0.263. The molecule has 2 rings (SSSR count). The molecule has 0 amide bonds. The van der Waals surface area contributed by atoms with Crippen molar-refractivity contribution in [3.05, 3.63) is 0 Å². The average Bonchev–Trinajstić information content (AvgIpc) is 3.28. The third kappa shape index (κ3) is 8.91. The first-order valence-corrected chi connectivity index (χ1v) is 9.99. The van der Waals surface area contributed by atoms with E-state index in [1.54, 1.807) is 0 Å². The van der Waals surface area contributed by atoms with Gasteiger partial charge in [0.05, 0.1) is 0 Å². The fourth-order valence-corrected chi connectivity index (χ4v) is 3.74. The van der Waals surface area contributed by atoms with Crippen LogP contribution in [-0.2, 0) is 0 Å². The highest BCUT2D eigenvalue weighted by Gasteiger charge is 2.34. The molecule has 0 radical (unpaired) electrons. The van der Waals surface area contributed by atoms with Gasteiger partial charge < -0.3 is 20.6 Å². The van der Waals surface area contributed by atoms with E-state index in [-0.39, 0.29) is 30.6 Å². The van der Waals surface area contributed by atoms with Gasteiger partial charge in [-0.25, -0.2) is 0 Å². The van der Waals surface area contributed by atoms with Crippen molar-refractivity contribution in [2.45, 2.75) is 58.9 Å². The molecular formula is C19H39IN4O. The van der Waals surface area contributed by atoms with Gasteiger partial charge in [0, 0.05) is 38.8 Å². The largest absolute Gasteiger partial charge is 0.396 e. The topological polar surface area (TPSA) is 59.9 Å². The summed E-state index contributed by atoms with van der Waals surface area (Å²) in [6.07, 6.45) is 6.10. The van der Waals surface area contributed by atoms with Gasteiger partial charge in [0.25, 0.3) is 0 Å². The van der Waals surface area contributed by atoms with Crippen LogP contribution in [0.15, 0.2) is 4.99 Å². The fourth-order valence-electron chi connectivity index (χ4n) is 3.74. The van der Waals surface area contributed by atoms with Crippen LogP contribution in [0.5, 0.6) is 0 Å². The van der Waals surface area contributed by atoms with Crippen LogP contribution in [0.3, 0.4) is 0 Å².